The van der Waals surface area contributed by atoms with Crippen molar-refractivity contribution in [3.05, 3.63) is 85.5 Å². The molecular weight excluding hydrogens is 432 g/mol. The van der Waals surface area contributed by atoms with Crippen molar-refractivity contribution < 1.29 is 4.74 Å². The van der Waals surface area contributed by atoms with Crippen LogP contribution in [0.25, 0.3) is 0 Å². The zero-order chi connectivity index (χ0) is 17.7. The fraction of sp³-hybridized carbons (Fsp3) is 0.150. The first-order valence-electron chi connectivity index (χ1n) is 8.30. The van der Waals surface area contributed by atoms with Crippen LogP contribution in [0.15, 0.2) is 69.6 Å². The van der Waals surface area contributed by atoms with Crippen molar-refractivity contribution in [2.45, 2.75) is 18.7 Å². The summed E-state index contributed by atoms with van der Waals surface area (Å²) in [6.45, 7) is 0. The number of ether oxygens (including phenoxy) is 1. The summed E-state index contributed by atoms with van der Waals surface area (Å²) >= 11 is 11.5. The minimum atomic E-state index is -0.287. The zero-order valence-corrected chi connectivity index (χ0v) is 16.8. The zero-order valence-electron chi connectivity index (χ0n) is 13.6. The van der Waals surface area contributed by atoms with E-state index in [1.165, 1.54) is 4.88 Å². The molecule has 1 aromatic heterocycles. The van der Waals surface area contributed by atoms with Gasteiger partial charge >= 0.3 is 0 Å². The van der Waals surface area contributed by atoms with Crippen LogP contribution >= 0.6 is 38.9 Å². The van der Waals surface area contributed by atoms with Gasteiger partial charge in [0.15, 0.2) is 0 Å². The van der Waals surface area contributed by atoms with E-state index >= 15 is 0 Å². The first-order valence-corrected chi connectivity index (χ1v) is 10.4. The number of hydrogen-bond acceptors (Lipinski definition) is 4. The number of hydrazone groups is 1. The Labute approximate surface area is 169 Å². The summed E-state index contributed by atoms with van der Waals surface area (Å²) in [5.74, 6) is 0.905. The fourth-order valence-electron chi connectivity index (χ4n) is 3.53. The number of hydrogen-bond donors (Lipinski definition) is 0. The molecule has 0 radical (unpaired) electrons. The molecule has 3 aromatic rings. The summed E-state index contributed by atoms with van der Waals surface area (Å²) in [6, 6.07) is 18.3. The molecule has 0 saturated carbocycles. The Morgan fingerprint density at radius 1 is 1.15 bits per heavy atom. The number of thiophene rings is 1. The van der Waals surface area contributed by atoms with Crippen LogP contribution in [-0.2, 0) is 0 Å². The molecule has 0 bridgehead atoms. The molecule has 0 saturated heterocycles. The van der Waals surface area contributed by atoms with Gasteiger partial charge in [0, 0.05) is 27.0 Å². The molecule has 2 aromatic carbocycles. The van der Waals surface area contributed by atoms with Gasteiger partial charge in [0.2, 0.25) is 6.23 Å². The highest BCUT2D eigenvalue weighted by Crippen LogP contribution is 2.48. The van der Waals surface area contributed by atoms with Crippen molar-refractivity contribution in [2.75, 3.05) is 0 Å². The molecule has 6 heteroatoms. The third kappa shape index (κ3) is 2.75. The summed E-state index contributed by atoms with van der Waals surface area (Å²) in [5.41, 5.74) is 3.27. The second-order valence-electron chi connectivity index (χ2n) is 6.33. The largest absolute Gasteiger partial charge is 0.464 e. The topological polar surface area (TPSA) is 24.8 Å². The SMILES string of the molecule is Clc1cccc([C@@H]2Oc3ccc(Br)cc3[C@H]3CC(c4cccs4)=NN32)c1. The molecule has 0 spiro atoms. The molecule has 0 unspecified atom stereocenters. The number of rotatable bonds is 2. The number of nitrogens with zero attached hydrogens (tertiary/aromatic N) is 2. The van der Waals surface area contributed by atoms with E-state index in [-0.39, 0.29) is 12.3 Å². The van der Waals surface area contributed by atoms with E-state index in [9.17, 15) is 0 Å². The molecule has 0 fully saturated rings. The van der Waals surface area contributed by atoms with Gasteiger partial charge in [-0.05, 0) is 41.8 Å². The van der Waals surface area contributed by atoms with E-state index in [0.717, 1.165) is 33.5 Å². The first kappa shape index (κ1) is 16.4. The summed E-state index contributed by atoms with van der Waals surface area (Å²) in [7, 11) is 0. The second-order valence-corrected chi connectivity index (χ2v) is 8.63. The van der Waals surface area contributed by atoms with E-state index in [1.807, 2.05) is 36.4 Å². The highest BCUT2D eigenvalue weighted by Gasteiger charge is 2.41. The van der Waals surface area contributed by atoms with Gasteiger partial charge in [-0.25, -0.2) is 5.01 Å². The molecule has 0 N–H and O–H groups in total. The minimum Gasteiger partial charge on any atom is -0.464 e. The molecule has 0 amide bonds. The van der Waals surface area contributed by atoms with E-state index < -0.39 is 0 Å². The Kier molecular flexibility index (Phi) is 4.03. The summed E-state index contributed by atoms with van der Waals surface area (Å²) in [5, 5.41) is 9.81. The molecule has 2 aliphatic rings. The van der Waals surface area contributed by atoms with Crippen LogP contribution in [0.3, 0.4) is 0 Å². The molecule has 0 aliphatic carbocycles. The molecule has 2 aliphatic heterocycles. The number of halogens is 2. The van der Waals surface area contributed by atoms with Crippen LogP contribution in [0.4, 0.5) is 0 Å². The average Bonchev–Trinajstić information content (AvgIpc) is 3.31. The first-order chi connectivity index (χ1) is 12.7. The average molecular weight is 446 g/mol. The molecule has 3 nitrogen and oxygen atoms in total. The number of fused-ring (bicyclic) bond motifs is 3. The lowest BCUT2D eigenvalue weighted by molar-refractivity contribution is -0.0190. The summed E-state index contributed by atoms with van der Waals surface area (Å²) in [6.07, 6.45) is 0.578. The lowest BCUT2D eigenvalue weighted by Gasteiger charge is -2.38. The molecular formula is C20H14BrClN2OS. The predicted octanol–water partition coefficient (Wildman–Crippen LogP) is 6.41. The van der Waals surface area contributed by atoms with E-state index in [0.29, 0.717) is 5.02 Å². The van der Waals surface area contributed by atoms with Gasteiger partial charge in [-0.2, -0.15) is 5.10 Å². The van der Waals surface area contributed by atoms with Crippen LogP contribution in [-0.4, -0.2) is 10.7 Å². The standard InChI is InChI=1S/C20H14BrClN2OS/c21-13-6-7-18-15(10-13)17-11-16(19-5-2-8-26-19)23-24(17)20(25-18)12-3-1-4-14(22)9-12/h1-10,17,20H,11H2/t17-,20+/m1/s1. The van der Waals surface area contributed by atoms with Gasteiger partial charge < -0.3 is 4.74 Å². The van der Waals surface area contributed by atoms with Gasteiger partial charge in [0.25, 0.3) is 0 Å². The van der Waals surface area contributed by atoms with Gasteiger partial charge in [0.05, 0.1) is 16.6 Å². The molecule has 130 valence electrons. The van der Waals surface area contributed by atoms with E-state index in [2.05, 4.69) is 44.5 Å². The van der Waals surface area contributed by atoms with Crippen molar-refractivity contribution in [2.24, 2.45) is 5.10 Å². The Hall–Kier alpha value is -1.82. The van der Waals surface area contributed by atoms with Gasteiger partial charge in [0.1, 0.15) is 5.75 Å². The van der Waals surface area contributed by atoms with E-state index in [1.54, 1.807) is 11.3 Å². The summed E-state index contributed by atoms with van der Waals surface area (Å²) in [4.78, 5) is 1.21. The normalized spacial score (nSPS) is 21.0. The second kappa shape index (κ2) is 6.41. The smallest absolute Gasteiger partial charge is 0.213 e. The Morgan fingerprint density at radius 3 is 2.88 bits per heavy atom. The fourth-order valence-corrected chi connectivity index (χ4v) is 4.83. The molecule has 3 heterocycles. The van der Waals surface area contributed by atoms with Crippen molar-refractivity contribution in [1.29, 1.82) is 0 Å². The van der Waals surface area contributed by atoms with Gasteiger partial charge in [-0.15, -0.1) is 11.3 Å². The Bertz CT molecular complexity index is 1000. The van der Waals surface area contributed by atoms with Crippen LogP contribution in [0.5, 0.6) is 5.75 Å². The third-order valence-corrected chi connectivity index (χ3v) is 6.34. The van der Waals surface area contributed by atoms with E-state index in [4.69, 9.17) is 21.4 Å². The van der Waals surface area contributed by atoms with Crippen LogP contribution in [0.2, 0.25) is 5.02 Å². The highest BCUT2D eigenvalue weighted by atomic mass is 79.9. The Morgan fingerprint density at radius 2 is 2.08 bits per heavy atom. The predicted molar refractivity (Wildman–Crippen MR) is 109 cm³/mol. The lowest BCUT2D eigenvalue weighted by Crippen LogP contribution is -2.33. The maximum absolute atomic E-state index is 6.35. The van der Waals surface area contributed by atoms with Crippen molar-refractivity contribution in [3.8, 4) is 5.75 Å². The lowest BCUT2D eigenvalue weighted by atomic mass is 9.98. The molecule has 26 heavy (non-hydrogen) atoms. The number of benzene rings is 2. The van der Waals surface area contributed by atoms with Gasteiger partial charge in [-0.3, -0.25) is 0 Å². The molecule has 2 atom stereocenters. The molecule has 5 rings (SSSR count). The van der Waals surface area contributed by atoms with Crippen molar-refractivity contribution in [1.82, 2.24) is 5.01 Å². The van der Waals surface area contributed by atoms with Crippen molar-refractivity contribution >= 4 is 44.6 Å². The monoisotopic (exact) mass is 444 g/mol. The van der Waals surface area contributed by atoms with Crippen LogP contribution < -0.4 is 4.74 Å². The quantitative estimate of drug-likeness (QED) is 0.455. The van der Waals surface area contributed by atoms with Crippen LogP contribution in [0.1, 0.15) is 34.7 Å². The third-order valence-electron chi connectivity index (χ3n) is 4.69. The van der Waals surface area contributed by atoms with Gasteiger partial charge in [-0.1, -0.05) is 45.7 Å². The maximum atomic E-state index is 6.35. The van der Waals surface area contributed by atoms with Crippen LogP contribution in [0, 0.1) is 0 Å². The highest BCUT2D eigenvalue weighted by molar-refractivity contribution is 9.10. The van der Waals surface area contributed by atoms with Crippen molar-refractivity contribution in [3.63, 3.8) is 0 Å². The maximum Gasteiger partial charge on any atom is 0.213 e. The Balaban J connectivity index is 1.63. The minimum absolute atomic E-state index is 0.150. The summed E-state index contributed by atoms with van der Waals surface area (Å²) < 4.78 is 7.40.